The summed E-state index contributed by atoms with van der Waals surface area (Å²) < 4.78 is 5.00. The minimum absolute atomic E-state index is 0.130. The summed E-state index contributed by atoms with van der Waals surface area (Å²) >= 11 is 0. The Balaban J connectivity index is 2.05. The van der Waals surface area contributed by atoms with Crippen LogP contribution in [-0.2, 0) is 9.53 Å². The average Bonchev–Trinajstić information content (AvgIpc) is 2.95. The van der Waals surface area contributed by atoms with Gasteiger partial charge in [-0.2, -0.15) is 10.4 Å². The molecule has 0 radical (unpaired) electrons. The molecule has 114 valence electrons. The monoisotopic (exact) mass is 300 g/mol. The van der Waals surface area contributed by atoms with Gasteiger partial charge < -0.3 is 9.64 Å². The number of aromatic nitrogens is 2. The number of fused-ring (bicyclic) bond motifs is 1. The Kier molecular flexibility index (Phi) is 4.13. The lowest BCUT2D eigenvalue weighted by molar-refractivity contribution is -0.136. The number of carbonyl (C=O) groups is 2. The number of aromatic amines is 1. The highest BCUT2D eigenvalue weighted by atomic mass is 16.5. The molecule has 0 saturated heterocycles. The van der Waals surface area contributed by atoms with Crippen molar-refractivity contribution in [1.82, 2.24) is 15.1 Å². The van der Waals surface area contributed by atoms with Gasteiger partial charge in [-0.3, -0.25) is 9.89 Å². The van der Waals surface area contributed by atoms with Gasteiger partial charge in [-0.25, -0.2) is 4.79 Å². The first-order valence-electron chi connectivity index (χ1n) is 6.65. The molecule has 0 spiro atoms. The van der Waals surface area contributed by atoms with E-state index in [1.807, 2.05) is 12.1 Å². The normalized spacial score (nSPS) is 11.0. The summed E-state index contributed by atoms with van der Waals surface area (Å²) in [7, 11) is 1.49. The van der Waals surface area contributed by atoms with Gasteiger partial charge in [0.15, 0.2) is 12.3 Å². The van der Waals surface area contributed by atoms with Gasteiger partial charge in [0.25, 0.3) is 5.91 Å². The Morgan fingerprint density at radius 1 is 1.41 bits per heavy atom. The van der Waals surface area contributed by atoms with Gasteiger partial charge in [0, 0.05) is 12.4 Å². The summed E-state index contributed by atoms with van der Waals surface area (Å²) in [6, 6.07) is 9.13. The van der Waals surface area contributed by atoms with Crippen LogP contribution in [0.2, 0.25) is 0 Å². The van der Waals surface area contributed by atoms with E-state index in [9.17, 15) is 9.59 Å². The zero-order chi connectivity index (χ0) is 16.3. The van der Waals surface area contributed by atoms with E-state index in [-0.39, 0.29) is 5.69 Å². The molecule has 2 aromatic rings. The number of H-pyrrole nitrogens is 1. The van der Waals surface area contributed by atoms with Crippen molar-refractivity contribution >= 4 is 22.8 Å². The molecule has 7 nitrogen and oxygen atoms in total. The SMILES string of the molecule is CN(C(=O)COC(=O)c1n[nH]c2ccccc12)C(C)(C)C#N. The Hall–Kier alpha value is -2.88. The zero-order valence-corrected chi connectivity index (χ0v) is 12.6. The molecular weight excluding hydrogens is 284 g/mol. The molecule has 0 unspecified atom stereocenters. The number of rotatable bonds is 4. The average molecular weight is 300 g/mol. The number of benzene rings is 1. The number of esters is 1. The Bertz CT molecular complexity index is 757. The fourth-order valence-electron chi connectivity index (χ4n) is 1.80. The minimum atomic E-state index is -0.970. The van der Waals surface area contributed by atoms with Crippen molar-refractivity contribution < 1.29 is 14.3 Å². The molecule has 0 fully saturated rings. The highest BCUT2D eigenvalue weighted by Gasteiger charge is 2.28. The molecule has 2 rings (SSSR count). The van der Waals surface area contributed by atoms with Crippen molar-refractivity contribution in [3.63, 3.8) is 0 Å². The quantitative estimate of drug-likeness (QED) is 0.862. The predicted molar refractivity (Wildman–Crippen MR) is 78.8 cm³/mol. The van der Waals surface area contributed by atoms with Crippen LogP contribution in [0.15, 0.2) is 24.3 Å². The fraction of sp³-hybridized carbons (Fsp3) is 0.333. The van der Waals surface area contributed by atoms with Gasteiger partial charge >= 0.3 is 5.97 Å². The number of carbonyl (C=O) groups excluding carboxylic acids is 2. The number of hydrogen-bond acceptors (Lipinski definition) is 5. The van der Waals surface area contributed by atoms with Crippen molar-refractivity contribution in [1.29, 1.82) is 5.26 Å². The predicted octanol–water partition coefficient (Wildman–Crippen LogP) is 1.48. The lowest BCUT2D eigenvalue weighted by atomic mass is 10.1. The molecule has 7 heteroatoms. The number of ether oxygens (including phenoxy) is 1. The third-order valence-electron chi connectivity index (χ3n) is 3.48. The van der Waals surface area contributed by atoms with E-state index >= 15 is 0 Å². The zero-order valence-electron chi connectivity index (χ0n) is 12.6. The largest absolute Gasteiger partial charge is 0.451 e. The Morgan fingerprint density at radius 3 is 2.77 bits per heavy atom. The van der Waals surface area contributed by atoms with Gasteiger partial charge in [0.2, 0.25) is 0 Å². The summed E-state index contributed by atoms with van der Waals surface area (Å²) in [6.07, 6.45) is 0. The second-order valence-electron chi connectivity index (χ2n) is 5.32. The molecule has 1 aromatic carbocycles. The number of amides is 1. The molecule has 0 saturated carbocycles. The van der Waals surface area contributed by atoms with E-state index in [0.29, 0.717) is 10.9 Å². The molecule has 0 atom stereocenters. The van der Waals surface area contributed by atoms with Crippen molar-refractivity contribution in [3.8, 4) is 6.07 Å². The topological polar surface area (TPSA) is 99.1 Å². The molecular formula is C15H16N4O3. The summed E-state index contributed by atoms with van der Waals surface area (Å²) in [5.74, 6) is -1.14. The lowest BCUT2D eigenvalue weighted by Gasteiger charge is -2.28. The van der Waals surface area contributed by atoms with Crippen molar-refractivity contribution in [2.75, 3.05) is 13.7 Å². The number of nitrogens with one attached hydrogen (secondary N) is 1. The van der Waals surface area contributed by atoms with E-state index in [1.54, 1.807) is 32.0 Å². The third-order valence-corrected chi connectivity index (χ3v) is 3.48. The fourth-order valence-corrected chi connectivity index (χ4v) is 1.80. The van der Waals surface area contributed by atoms with Crippen LogP contribution < -0.4 is 0 Å². The van der Waals surface area contributed by atoms with Gasteiger partial charge in [0.05, 0.1) is 11.6 Å². The molecule has 1 N–H and O–H groups in total. The summed E-state index contributed by atoms with van der Waals surface area (Å²) in [5.41, 5.74) is -0.128. The van der Waals surface area contributed by atoms with Crippen LogP contribution in [-0.4, -0.2) is 46.2 Å². The molecule has 0 aliphatic heterocycles. The van der Waals surface area contributed by atoms with Crippen molar-refractivity contribution in [2.24, 2.45) is 0 Å². The molecule has 1 amide bonds. The summed E-state index contributed by atoms with van der Waals surface area (Å²) in [6.45, 7) is 2.77. The minimum Gasteiger partial charge on any atom is -0.451 e. The van der Waals surface area contributed by atoms with Gasteiger partial charge in [-0.1, -0.05) is 18.2 Å². The summed E-state index contributed by atoms with van der Waals surface area (Å²) in [5, 5.41) is 16.3. The van der Waals surface area contributed by atoms with Crippen molar-refractivity contribution in [2.45, 2.75) is 19.4 Å². The molecule has 1 heterocycles. The van der Waals surface area contributed by atoms with Gasteiger partial charge in [0.1, 0.15) is 5.54 Å². The molecule has 0 bridgehead atoms. The van der Waals surface area contributed by atoms with E-state index in [1.165, 1.54) is 11.9 Å². The maximum Gasteiger partial charge on any atom is 0.359 e. The second kappa shape index (κ2) is 5.85. The van der Waals surface area contributed by atoms with Crippen LogP contribution >= 0.6 is 0 Å². The van der Waals surface area contributed by atoms with E-state index in [4.69, 9.17) is 10.00 Å². The Morgan fingerprint density at radius 2 is 2.09 bits per heavy atom. The van der Waals surface area contributed by atoms with E-state index < -0.39 is 24.0 Å². The van der Waals surface area contributed by atoms with Crippen LogP contribution in [0.4, 0.5) is 0 Å². The number of likely N-dealkylation sites (N-methyl/N-ethyl adjacent to an activating group) is 1. The van der Waals surface area contributed by atoms with Crippen LogP contribution in [0.3, 0.4) is 0 Å². The van der Waals surface area contributed by atoms with E-state index in [0.717, 1.165) is 0 Å². The first-order valence-corrected chi connectivity index (χ1v) is 6.65. The van der Waals surface area contributed by atoms with Gasteiger partial charge in [-0.15, -0.1) is 0 Å². The third kappa shape index (κ3) is 2.91. The van der Waals surface area contributed by atoms with Crippen LogP contribution in [0.25, 0.3) is 10.9 Å². The first kappa shape index (κ1) is 15.5. The number of nitriles is 1. The van der Waals surface area contributed by atoms with Crippen LogP contribution in [0.5, 0.6) is 0 Å². The number of hydrogen-bond donors (Lipinski definition) is 1. The number of para-hydroxylation sites is 1. The standard InChI is InChI=1S/C15H16N4O3/c1-15(2,9-16)19(3)12(20)8-22-14(21)13-10-6-4-5-7-11(10)17-18-13/h4-7H,8H2,1-3H3,(H,17,18). The second-order valence-corrected chi connectivity index (χ2v) is 5.32. The Labute approximate surface area is 127 Å². The molecule has 1 aromatic heterocycles. The van der Waals surface area contributed by atoms with E-state index in [2.05, 4.69) is 10.2 Å². The molecule has 22 heavy (non-hydrogen) atoms. The lowest BCUT2D eigenvalue weighted by Crippen LogP contribution is -2.45. The van der Waals surface area contributed by atoms with Crippen LogP contribution in [0.1, 0.15) is 24.3 Å². The maximum atomic E-state index is 12.0. The first-order chi connectivity index (χ1) is 10.4. The molecule has 0 aliphatic carbocycles. The molecule has 0 aliphatic rings. The van der Waals surface area contributed by atoms with Crippen molar-refractivity contribution in [3.05, 3.63) is 30.0 Å². The summed E-state index contributed by atoms with van der Waals surface area (Å²) in [4.78, 5) is 25.2. The highest BCUT2D eigenvalue weighted by Crippen LogP contribution is 2.16. The van der Waals surface area contributed by atoms with Crippen LogP contribution in [0, 0.1) is 11.3 Å². The van der Waals surface area contributed by atoms with Gasteiger partial charge in [-0.05, 0) is 19.9 Å². The highest BCUT2D eigenvalue weighted by molar-refractivity contribution is 6.02. The number of nitrogens with zero attached hydrogens (tertiary/aromatic N) is 3. The maximum absolute atomic E-state index is 12.0. The smallest absolute Gasteiger partial charge is 0.359 e.